The largest absolute Gasteiger partial charge is 0.283 e. The minimum atomic E-state index is -0.505. The zero-order valence-electron chi connectivity index (χ0n) is 7.06. The van der Waals surface area contributed by atoms with Gasteiger partial charge in [-0.25, -0.2) is 4.39 Å². The molecule has 0 N–H and O–H groups in total. The van der Waals surface area contributed by atoms with Gasteiger partial charge in [0, 0.05) is 0 Å². The van der Waals surface area contributed by atoms with E-state index >= 15 is 0 Å². The summed E-state index contributed by atoms with van der Waals surface area (Å²) in [7, 11) is 0. The Morgan fingerprint density at radius 2 is 2.25 bits per heavy atom. The molecule has 1 heterocycles. The highest BCUT2D eigenvalue weighted by molar-refractivity contribution is 5.98. The molecular formula is C9H9FN2. The maximum absolute atomic E-state index is 13.2. The van der Waals surface area contributed by atoms with E-state index in [0.29, 0.717) is 12.3 Å². The maximum atomic E-state index is 13.2. The van der Waals surface area contributed by atoms with E-state index < -0.39 is 5.83 Å². The van der Waals surface area contributed by atoms with Gasteiger partial charge >= 0.3 is 0 Å². The summed E-state index contributed by atoms with van der Waals surface area (Å²) >= 11 is 0. The average molecular weight is 164 g/mol. The first-order valence-corrected chi connectivity index (χ1v) is 3.63. The fraction of sp³-hybridized carbons (Fsp3) is 0.333. The van der Waals surface area contributed by atoms with Crippen LogP contribution in [0.2, 0.25) is 0 Å². The first-order chi connectivity index (χ1) is 5.65. The van der Waals surface area contributed by atoms with E-state index in [-0.39, 0.29) is 5.57 Å². The number of aliphatic imine (C=N–C) groups is 1. The molecule has 0 atom stereocenters. The number of halogens is 1. The molecule has 0 unspecified atom stereocenters. The second-order valence-electron chi connectivity index (χ2n) is 2.73. The molecule has 0 amide bonds. The number of nitrogens with zero attached hydrogens (tertiary/aromatic N) is 2. The first-order valence-electron chi connectivity index (χ1n) is 3.63. The van der Waals surface area contributed by atoms with Crippen LogP contribution in [-0.4, -0.2) is 12.3 Å². The van der Waals surface area contributed by atoms with Crippen molar-refractivity contribution in [2.24, 2.45) is 4.99 Å². The summed E-state index contributed by atoms with van der Waals surface area (Å²) in [5.41, 5.74) is 1.28. The van der Waals surface area contributed by atoms with Crippen LogP contribution in [0.1, 0.15) is 13.8 Å². The number of hydrogen-bond donors (Lipinski definition) is 0. The lowest BCUT2D eigenvalue weighted by atomic mass is 10.1. The van der Waals surface area contributed by atoms with Crippen molar-refractivity contribution >= 4 is 5.71 Å². The normalized spacial score (nSPS) is 17.8. The van der Waals surface area contributed by atoms with Gasteiger partial charge < -0.3 is 0 Å². The van der Waals surface area contributed by atoms with Crippen LogP contribution in [0.4, 0.5) is 4.39 Å². The number of nitriles is 1. The van der Waals surface area contributed by atoms with Crippen LogP contribution in [0.3, 0.4) is 0 Å². The van der Waals surface area contributed by atoms with E-state index in [0.717, 1.165) is 5.57 Å². The van der Waals surface area contributed by atoms with E-state index in [1.54, 1.807) is 13.0 Å². The molecule has 3 heteroatoms. The van der Waals surface area contributed by atoms with Crippen LogP contribution in [0.5, 0.6) is 0 Å². The SMILES string of the molecule is CC1=CC(C#N)=C(F)C(C)=NC1. The van der Waals surface area contributed by atoms with Gasteiger partial charge in [-0.2, -0.15) is 5.26 Å². The topological polar surface area (TPSA) is 36.1 Å². The Hall–Kier alpha value is -1.43. The number of rotatable bonds is 0. The molecule has 0 bridgehead atoms. The molecule has 1 aliphatic rings. The van der Waals surface area contributed by atoms with Crippen molar-refractivity contribution in [1.29, 1.82) is 5.26 Å². The van der Waals surface area contributed by atoms with Gasteiger partial charge in [-0.05, 0) is 19.9 Å². The smallest absolute Gasteiger partial charge is 0.161 e. The van der Waals surface area contributed by atoms with Crippen molar-refractivity contribution in [1.82, 2.24) is 0 Å². The minimum absolute atomic E-state index is 0.0752. The summed E-state index contributed by atoms with van der Waals surface area (Å²) in [6, 6.07) is 1.80. The van der Waals surface area contributed by atoms with E-state index in [2.05, 4.69) is 4.99 Å². The Kier molecular flexibility index (Phi) is 2.39. The molecule has 1 rings (SSSR count). The molecule has 0 aromatic heterocycles. The predicted octanol–water partition coefficient (Wildman–Crippen LogP) is 2.15. The van der Waals surface area contributed by atoms with Gasteiger partial charge in [0.15, 0.2) is 5.83 Å². The third-order valence-electron chi connectivity index (χ3n) is 1.63. The molecule has 0 saturated heterocycles. The summed E-state index contributed by atoms with van der Waals surface area (Å²) in [6.45, 7) is 3.87. The van der Waals surface area contributed by atoms with Gasteiger partial charge in [0.25, 0.3) is 0 Å². The van der Waals surface area contributed by atoms with Crippen molar-refractivity contribution in [3.63, 3.8) is 0 Å². The molecule has 2 nitrogen and oxygen atoms in total. The van der Waals surface area contributed by atoms with Crippen LogP contribution >= 0.6 is 0 Å². The van der Waals surface area contributed by atoms with Crippen molar-refractivity contribution in [3.8, 4) is 6.07 Å². The Balaban J connectivity index is 3.21. The van der Waals surface area contributed by atoms with Crippen LogP contribution in [0.25, 0.3) is 0 Å². The van der Waals surface area contributed by atoms with Gasteiger partial charge in [-0.3, -0.25) is 4.99 Å². The standard InChI is InChI=1S/C9H9FN2/c1-6-3-8(4-11)9(10)7(2)12-5-6/h3H,5H2,1-2H3. The summed E-state index contributed by atoms with van der Waals surface area (Å²) < 4.78 is 13.2. The summed E-state index contributed by atoms with van der Waals surface area (Å²) in [5, 5.41) is 8.57. The Bertz CT molecular complexity index is 329. The highest BCUT2D eigenvalue weighted by Crippen LogP contribution is 2.15. The zero-order chi connectivity index (χ0) is 9.14. The van der Waals surface area contributed by atoms with Crippen LogP contribution in [0, 0.1) is 11.3 Å². The number of hydrogen-bond acceptors (Lipinski definition) is 2. The number of allylic oxidation sites excluding steroid dienone is 3. The molecule has 0 spiro atoms. The Labute approximate surface area is 70.7 Å². The molecule has 0 aromatic rings. The van der Waals surface area contributed by atoms with Crippen molar-refractivity contribution in [3.05, 3.63) is 23.0 Å². The maximum Gasteiger partial charge on any atom is 0.161 e. The van der Waals surface area contributed by atoms with Crippen molar-refractivity contribution < 1.29 is 4.39 Å². The Morgan fingerprint density at radius 1 is 1.58 bits per heavy atom. The fourth-order valence-corrected chi connectivity index (χ4v) is 0.944. The first kappa shape index (κ1) is 8.66. The van der Waals surface area contributed by atoms with Crippen LogP contribution in [-0.2, 0) is 0 Å². The summed E-state index contributed by atoms with van der Waals surface area (Å²) in [4.78, 5) is 3.95. The van der Waals surface area contributed by atoms with E-state index in [1.165, 1.54) is 6.08 Å². The molecule has 0 radical (unpaired) electrons. The second kappa shape index (κ2) is 3.31. The second-order valence-corrected chi connectivity index (χ2v) is 2.73. The molecule has 1 aliphatic heterocycles. The van der Waals surface area contributed by atoms with E-state index in [1.807, 2.05) is 6.92 Å². The van der Waals surface area contributed by atoms with Gasteiger partial charge in [-0.1, -0.05) is 5.57 Å². The van der Waals surface area contributed by atoms with Crippen LogP contribution in [0.15, 0.2) is 28.0 Å². The molecular weight excluding hydrogens is 155 g/mol. The lowest BCUT2D eigenvalue weighted by Crippen LogP contribution is -1.94. The third kappa shape index (κ3) is 1.59. The summed E-state index contributed by atoms with van der Waals surface area (Å²) in [6.07, 6.45) is 1.54. The quantitative estimate of drug-likeness (QED) is 0.540. The van der Waals surface area contributed by atoms with Crippen molar-refractivity contribution in [2.75, 3.05) is 6.54 Å². The average Bonchev–Trinajstić information content (AvgIpc) is 2.18. The van der Waals surface area contributed by atoms with Gasteiger partial charge in [-0.15, -0.1) is 0 Å². The molecule has 0 saturated carbocycles. The Morgan fingerprint density at radius 3 is 2.83 bits per heavy atom. The predicted molar refractivity (Wildman–Crippen MR) is 45.5 cm³/mol. The van der Waals surface area contributed by atoms with E-state index in [4.69, 9.17) is 5.26 Å². The van der Waals surface area contributed by atoms with Gasteiger partial charge in [0.05, 0.1) is 17.8 Å². The van der Waals surface area contributed by atoms with Gasteiger partial charge in [0.2, 0.25) is 0 Å². The van der Waals surface area contributed by atoms with Gasteiger partial charge in [0.1, 0.15) is 6.07 Å². The lowest BCUT2D eigenvalue weighted by molar-refractivity contribution is 0.675. The molecule has 62 valence electrons. The fourth-order valence-electron chi connectivity index (χ4n) is 0.944. The molecule has 0 aliphatic carbocycles. The van der Waals surface area contributed by atoms with Crippen LogP contribution < -0.4 is 0 Å². The highest BCUT2D eigenvalue weighted by atomic mass is 19.1. The van der Waals surface area contributed by atoms with Crippen molar-refractivity contribution in [2.45, 2.75) is 13.8 Å². The summed E-state index contributed by atoms with van der Waals surface area (Å²) in [5.74, 6) is -0.505. The lowest BCUT2D eigenvalue weighted by Gasteiger charge is -1.92. The molecule has 0 fully saturated rings. The minimum Gasteiger partial charge on any atom is -0.283 e. The molecule has 12 heavy (non-hydrogen) atoms. The third-order valence-corrected chi connectivity index (χ3v) is 1.63. The molecule has 0 aromatic carbocycles. The highest BCUT2D eigenvalue weighted by Gasteiger charge is 2.10. The zero-order valence-corrected chi connectivity index (χ0v) is 7.06. The van der Waals surface area contributed by atoms with E-state index in [9.17, 15) is 4.39 Å². The monoisotopic (exact) mass is 164 g/mol.